The van der Waals surface area contributed by atoms with Gasteiger partial charge in [-0.3, -0.25) is 4.79 Å². The number of fused-ring (bicyclic) bond motifs is 1. The summed E-state index contributed by atoms with van der Waals surface area (Å²) in [6, 6.07) is 9.86. The quantitative estimate of drug-likeness (QED) is 0.821. The monoisotopic (exact) mass is 375 g/mol. The third-order valence-electron chi connectivity index (χ3n) is 4.65. The Hall–Kier alpha value is -2.21. The second kappa shape index (κ2) is 7.19. The van der Waals surface area contributed by atoms with Gasteiger partial charge >= 0.3 is 0 Å². The number of hydrogen-bond acceptors (Lipinski definition) is 3. The zero-order valence-corrected chi connectivity index (χ0v) is 15.8. The maximum atomic E-state index is 14.4. The van der Waals surface area contributed by atoms with Crippen molar-refractivity contribution >= 4 is 21.4 Å². The number of anilines is 1. The highest BCUT2D eigenvalue weighted by Gasteiger charge is 2.27. The van der Waals surface area contributed by atoms with Gasteiger partial charge in [0.25, 0.3) is 0 Å². The zero-order valence-electron chi connectivity index (χ0n) is 15.0. The first-order chi connectivity index (χ1) is 12.3. The van der Waals surface area contributed by atoms with Crippen LogP contribution in [0, 0.1) is 19.7 Å². The Kier molecular flexibility index (Phi) is 5.14. The maximum absolute atomic E-state index is 14.4. The van der Waals surface area contributed by atoms with E-state index in [4.69, 9.17) is 0 Å². The van der Waals surface area contributed by atoms with E-state index in [1.807, 2.05) is 19.9 Å². The number of halogens is 1. The van der Waals surface area contributed by atoms with Crippen molar-refractivity contribution in [1.82, 2.24) is 0 Å². The molecule has 3 rings (SSSR count). The molecule has 0 unspecified atom stereocenters. The minimum absolute atomic E-state index is 0.164. The molecular formula is C20H22FNO3S. The molecule has 6 heteroatoms. The fraction of sp³-hybridized carbons (Fsp3) is 0.350. The highest BCUT2D eigenvalue weighted by Crippen LogP contribution is 2.31. The average Bonchev–Trinajstić information content (AvgIpc) is 2.59. The molecule has 2 aromatic rings. The summed E-state index contributed by atoms with van der Waals surface area (Å²) in [7, 11) is -3.55. The van der Waals surface area contributed by atoms with Gasteiger partial charge in [0.15, 0.2) is 9.84 Å². The van der Waals surface area contributed by atoms with Crippen LogP contribution >= 0.6 is 0 Å². The Morgan fingerprint density at radius 2 is 1.81 bits per heavy atom. The first-order valence-corrected chi connectivity index (χ1v) is 10.3. The summed E-state index contributed by atoms with van der Waals surface area (Å²) in [5, 5.41) is 0. The summed E-state index contributed by atoms with van der Waals surface area (Å²) >= 11 is 0. The minimum Gasteiger partial charge on any atom is -0.309 e. The van der Waals surface area contributed by atoms with Crippen molar-refractivity contribution in [2.45, 2.75) is 38.0 Å². The Balaban J connectivity index is 1.77. The van der Waals surface area contributed by atoms with Crippen molar-refractivity contribution < 1.29 is 17.6 Å². The van der Waals surface area contributed by atoms with Crippen LogP contribution in [0.4, 0.5) is 10.1 Å². The van der Waals surface area contributed by atoms with E-state index in [2.05, 4.69) is 0 Å². The molecule has 0 bridgehead atoms. The van der Waals surface area contributed by atoms with Gasteiger partial charge in [0.05, 0.1) is 16.3 Å². The lowest BCUT2D eigenvalue weighted by Crippen LogP contribution is -2.37. The Labute approximate surface area is 153 Å². The fourth-order valence-corrected chi connectivity index (χ4v) is 4.54. The van der Waals surface area contributed by atoms with Crippen molar-refractivity contribution in [3.8, 4) is 0 Å². The number of hydrogen-bond donors (Lipinski definition) is 0. The van der Waals surface area contributed by atoms with Crippen LogP contribution in [0.1, 0.15) is 29.5 Å². The molecule has 0 aliphatic carbocycles. The van der Waals surface area contributed by atoms with E-state index >= 15 is 0 Å². The summed E-state index contributed by atoms with van der Waals surface area (Å²) in [6.07, 6.45) is 1.30. The predicted octanol–water partition coefficient (Wildman–Crippen LogP) is 3.59. The largest absolute Gasteiger partial charge is 0.309 e. The molecule has 0 atom stereocenters. The molecule has 1 amide bonds. The van der Waals surface area contributed by atoms with Crippen molar-refractivity contribution in [3.05, 3.63) is 58.9 Å². The molecule has 26 heavy (non-hydrogen) atoms. The molecule has 1 aliphatic heterocycles. The highest BCUT2D eigenvalue weighted by atomic mass is 32.2. The number of benzene rings is 2. The molecule has 0 fully saturated rings. The number of aryl methyl sites for hydroxylation is 3. The van der Waals surface area contributed by atoms with Crippen LogP contribution < -0.4 is 4.90 Å². The Morgan fingerprint density at radius 1 is 1.12 bits per heavy atom. The number of carbonyl (C=O) groups is 1. The van der Waals surface area contributed by atoms with Gasteiger partial charge in [0.2, 0.25) is 5.91 Å². The van der Waals surface area contributed by atoms with E-state index in [-0.39, 0.29) is 23.0 Å². The summed E-state index contributed by atoms with van der Waals surface area (Å²) in [5.74, 6) is -1.06. The van der Waals surface area contributed by atoms with E-state index in [9.17, 15) is 17.6 Å². The minimum atomic E-state index is -3.55. The predicted molar refractivity (Wildman–Crippen MR) is 99.7 cm³/mol. The first-order valence-electron chi connectivity index (χ1n) is 8.67. The standard InChI is InChI=1S/C20H22FNO3S/c1-14-5-7-17(8-6-14)26(24,25)11-9-19(23)22-10-3-4-16-12-15(2)13-18(21)20(16)22/h5-8,12-13H,3-4,9-11H2,1-2H3. The van der Waals surface area contributed by atoms with Crippen LogP contribution in [-0.4, -0.2) is 26.6 Å². The molecule has 0 saturated carbocycles. The third kappa shape index (κ3) is 3.80. The lowest BCUT2D eigenvalue weighted by Gasteiger charge is -2.30. The highest BCUT2D eigenvalue weighted by molar-refractivity contribution is 7.91. The van der Waals surface area contributed by atoms with Crippen LogP contribution in [0.5, 0.6) is 0 Å². The van der Waals surface area contributed by atoms with E-state index < -0.39 is 15.7 Å². The molecule has 0 N–H and O–H groups in total. The number of sulfone groups is 1. The van der Waals surface area contributed by atoms with E-state index in [0.717, 1.165) is 29.5 Å². The van der Waals surface area contributed by atoms with Crippen molar-refractivity contribution in [1.29, 1.82) is 0 Å². The van der Waals surface area contributed by atoms with E-state index in [1.165, 1.54) is 11.0 Å². The zero-order chi connectivity index (χ0) is 18.9. The van der Waals surface area contributed by atoms with Crippen LogP contribution in [-0.2, 0) is 21.1 Å². The average molecular weight is 375 g/mol. The van der Waals surface area contributed by atoms with E-state index in [1.54, 1.807) is 24.3 Å². The second-order valence-electron chi connectivity index (χ2n) is 6.79. The summed E-state index contributed by atoms with van der Waals surface area (Å²) in [5.41, 5.74) is 2.90. The fourth-order valence-electron chi connectivity index (χ4n) is 3.31. The van der Waals surface area contributed by atoms with Crippen molar-refractivity contribution in [3.63, 3.8) is 0 Å². The Bertz CT molecular complexity index is 936. The van der Waals surface area contributed by atoms with Gasteiger partial charge in [-0.05, 0) is 56.0 Å². The van der Waals surface area contributed by atoms with Gasteiger partial charge in [0, 0.05) is 13.0 Å². The second-order valence-corrected chi connectivity index (χ2v) is 8.89. The van der Waals surface area contributed by atoms with Gasteiger partial charge < -0.3 is 4.90 Å². The van der Waals surface area contributed by atoms with Gasteiger partial charge in [-0.1, -0.05) is 23.8 Å². The molecule has 4 nitrogen and oxygen atoms in total. The number of amides is 1. The maximum Gasteiger partial charge on any atom is 0.228 e. The number of rotatable bonds is 4. The lowest BCUT2D eigenvalue weighted by atomic mass is 9.99. The number of nitrogens with zero attached hydrogens (tertiary/aromatic N) is 1. The van der Waals surface area contributed by atoms with Gasteiger partial charge in [-0.25, -0.2) is 12.8 Å². The third-order valence-corrected chi connectivity index (χ3v) is 6.38. The molecule has 138 valence electrons. The Morgan fingerprint density at radius 3 is 2.50 bits per heavy atom. The lowest BCUT2D eigenvalue weighted by molar-refractivity contribution is -0.118. The summed E-state index contributed by atoms with van der Waals surface area (Å²) in [4.78, 5) is 14.2. The van der Waals surface area contributed by atoms with Crippen molar-refractivity contribution in [2.75, 3.05) is 17.2 Å². The van der Waals surface area contributed by atoms with Gasteiger partial charge in [-0.15, -0.1) is 0 Å². The molecule has 1 aliphatic rings. The molecule has 0 spiro atoms. The van der Waals surface area contributed by atoms with Crippen LogP contribution in [0.25, 0.3) is 0 Å². The SMILES string of the molecule is Cc1ccc(S(=O)(=O)CCC(=O)N2CCCc3cc(C)cc(F)c32)cc1. The van der Waals surface area contributed by atoms with Gasteiger partial charge in [0.1, 0.15) is 5.82 Å². The molecule has 0 aromatic heterocycles. The van der Waals surface area contributed by atoms with Crippen molar-refractivity contribution in [2.24, 2.45) is 0 Å². The molecule has 1 heterocycles. The molecule has 0 radical (unpaired) electrons. The molecular weight excluding hydrogens is 353 g/mol. The van der Waals surface area contributed by atoms with Crippen LogP contribution in [0.3, 0.4) is 0 Å². The number of carbonyl (C=O) groups excluding carboxylic acids is 1. The summed E-state index contributed by atoms with van der Waals surface area (Å²) < 4.78 is 39.3. The van der Waals surface area contributed by atoms with E-state index in [0.29, 0.717) is 12.2 Å². The molecule has 2 aromatic carbocycles. The normalized spacial score (nSPS) is 14.2. The first kappa shape index (κ1) is 18.6. The topological polar surface area (TPSA) is 54.5 Å². The molecule has 0 saturated heterocycles. The summed E-state index contributed by atoms with van der Waals surface area (Å²) in [6.45, 7) is 4.11. The van der Waals surface area contributed by atoms with Gasteiger partial charge in [-0.2, -0.15) is 0 Å². The van der Waals surface area contributed by atoms with Crippen LogP contribution in [0.15, 0.2) is 41.3 Å². The smallest absolute Gasteiger partial charge is 0.228 e. The van der Waals surface area contributed by atoms with Crippen LogP contribution in [0.2, 0.25) is 0 Å².